The molecule has 2 aliphatic heterocycles. The van der Waals surface area contributed by atoms with Gasteiger partial charge in [-0.3, -0.25) is 4.21 Å². The molecule has 1 N–H and O–H groups in total. The number of ether oxygens (including phenoxy) is 1. The van der Waals surface area contributed by atoms with Gasteiger partial charge >= 0.3 is 6.03 Å². The SMILES string of the molecule is CC1(C)CCN(C(=O)Nc2ccc(F)cc2N2CCOCC2)CCS1=O. The van der Waals surface area contributed by atoms with Crippen molar-refractivity contribution in [3.05, 3.63) is 24.0 Å². The summed E-state index contributed by atoms with van der Waals surface area (Å²) in [6, 6.07) is 4.15. The van der Waals surface area contributed by atoms with Gasteiger partial charge in [-0.2, -0.15) is 0 Å². The van der Waals surface area contributed by atoms with Crippen LogP contribution in [0.1, 0.15) is 20.3 Å². The second-order valence-corrected chi connectivity index (χ2v) is 9.44. The van der Waals surface area contributed by atoms with E-state index < -0.39 is 10.8 Å². The Morgan fingerprint density at radius 3 is 2.69 bits per heavy atom. The summed E-state index contributed by atoms with van der Waals surface area (Å²) in [4.78, 5) is 16.4. The van der Waals surface area contributed by atoms with Gasteiger partial charge in [0.25, 0.3) is 0 Å². The van der Waals surface area contributed by atoms with Crippen LogP contribution in [0.25, 0.3) is 0 Å². The molecule has 2 amide bonds. The van der Waals surface area contributed by atoms with Crippen LogP contribution in [-0.4, -0.2) is 65.0 Å². The van der Waals surface area contributed by atoms with Crippen molar-refractivity contribution in [2.45, 2.75) is 25.0 Å². The molecule has 1 unspecified atom stereocenters. The van der Waals surface area contributed by atoms with Gasteiger partial charge in [-0.05, 0) is 38.5 Å². The number of carbonyl (C=O) groups is 1. The van der Waals surface area contributed by atoms with E-state index in [-0.39, 0.29) is 16.6 Å². The van der Waals surface area contributed by atoms with Gasteiger partial charge in [0.15, 0.2) is 0 Å². The lowest BCUT2D eigenvalue weighted by atomic mass is 10.1. The number of amides is 2. The van der Waals surface area contributed by atoms with E-state index >= 15 is 0 Å². The highest BCUT2D eigenvalue weighted by atomic mass is 32.2. The van der Waals surface area contributed by atoms with Crippen LogP contribution in [0.15, 0.2) is 18.2 Å². The van der Waals surface area contributed by atoms with Crippen LogP contribution >= 0.6 is 0 Å². The van der Waals surface area contributed by atoms with Crippen molar-refractivity contribution in [2.75, 3.05) is 55.4 Å². The first-order chi connectivity index (χ1) is 12.4. The summed E-state index contributed by atoms with van der Waals surface area (Å²) < 4.78 is 31.1. The molecule has 2 heterocycles. The Bertz CT molecular complexity index is 692. The molecule has 3 rings (SSSR count). The Labute approximate surface area is 156 Å². The van der Waals surface area contributed by atoms with Crippen molar-refractivity contribution in [3.8, 4) is 0 Å². The van der Waals surface area contributed by atoms with Gasteiger partial charge in [0, 0.05) is 47.5 Å². The zero-order valence-corrected chi connectivity index (χ0v) is 16.1. The van der Waals surface area contributed by atoms with Crippen LogP contribution in [0.3, 0.4) is 0 Å². The van der Waals surface area contributed by atoms with E-state index in [0.29, 0.717) is 62.9 Å². The third kappa shape index (κ3) is 4.35. The summed E-state index contributed by atoms with van der Waals surface area (Å²) >= 11 is 0. The first kappa shape index (κ1) is 19.1. The molecule has 1 aromatic carbocycles. The van der Waals surface area contributed by atoms with E-state index in [1.54, 1.807) is 11.0 Å². The zero-order valence-electron chi connectivity index (χ0n) is 15.3. The Hall–Kier alpha value is -1.67. The van der Waals surface area contributed by atoms with E-state index in [1.807, 2.05) is 18.7 Å². The molecule has 0 aromatic heterocycles. The molecule has 26 heavy (non-hydrogen) atoms. The lowest BCUT2D eigenvalue weighted by molar-refractivity contribution is 0.122. The topological polar surface area (TPSA) is 61.9 Å². The van der Waals surface area contributed by atoms with Crippen molar-refractivity contribution >= 4 is 28.2 Å². The van der Waals surface area contributed by atoms with Gasteiger partial charge < -0.3 is 19.9 Å². The Balaban J connectivity index is 1.74. The number of rotatable bonds is 2. The molecule has 8 heteroatoms. The number of hydrogen-bond acceptors (Lipinski definition) is 4. The average molecular weight is 383 g/mol. The van der Waals surface area contributed by atoms with Gasteiger partial charge in [0.2, 0.25) is 0 Å². The molecule has 2 saturated heterocycles. The number of nitrogens with zero attached hydrogens (tertiary/aromatic N) is 2. The maximum atomic E-state index is 13.8. The summed E-state index contributed by atoms with van der Waals surface area (Å²) in [5.41, 5.74) is 1.25. The fourth-order valence-corrected chi connectivity index (χ4v) is 4.43. The molecule has 6 nitrogen and oxygen atoms in total. The molecule has 0 saturated carbocycles. The summed E-state index contributed by atoms with van der Waals surface area (Å²) in [6.07, 6.45) is 0.687. The van der Waals surface area contributed by atoms with Crippen molar-refractivity contribution < 1.29 is 18.1 Å². The summed E-state index contributed by atoms with van der Waals surface area (Å²) in [7, 11) is -0.956. The van der Waals surface area contributed by atoms with Crippen LogP contribution in [0, 0.1) is 5.82 Å². The molecule has 0 radical (unpaired) electrons. The predicted octanol–water partition coefficient (Wildman–Crippen LogP) is 2.43. The minimum Gasteiger partial charge on any atom is -0.378 e. The molecule has 0 bridgehead atoms. The number of hydrogen-bond donors (Lipinski definition) is 1. The lowest BCUT2D eigenvalue weighted by Crippen LogP contribution is -2.39. The molecule has 1 aromatic rings. The third-order valence-electron chi connectivity index (χ3n) is 4.99. The van der Waals surface area contributed by atoms with Gasteiger partial charge in [-0.1, -0.05) is 0 Å². The Morgan fingerprint density at radius 2 is 1.96 bits per heavy atom. The Morgan fingerprint density at radius 1 is 1.23 bits per heavy atom. The van der Waals surface area contributed by atoms with E-state index in [1.165, 1.54) is 12.1 Å². The van der Waals surface area contributed by atoms with Crippen molar-refractivity contribution in [1.82, 2.24) is 4.90 Å². The molecular weight excluding hydrogens is 357 g/mol. The van der Waals surface area contributed by atoms with E-state index in [0.717, 1.165) is 0 Å². The monoisotopic (exact) mass is 383 g/mol. The van der Waals surface area contributed by atoms with Crippen LogP contribution in [-0.2, 0) is 15.5 Å². The number of carbonyl (C=O) groups excluding carboxylic acids is 1. The minimum atomic E-state index is -0.956. The predicted molar refractivity (Wildman–Crippen MR) is 102 cm³/mol. The maximum Gasteiger partial charge on any atom is 0.321 e. The lowest BCUT2D eigenvalue weighted by Gasteiger charge is -2.31. The Kier molecular flexibility index (Phi) is 5.82. The van der Waals surface area contributed by atoms with Crippen LogP contribution in [0.5, 0.6) is 0 Å². The molecule has 144 valence electrons. The standard InChI is InChI=1S/C18H26FN3O3S/c1-18(2)5-6-22(9-12-26(18)24)17(23)20-15-4-3-14(19)13-16(15)21-7-10-25-11-8-21/h3-4,13H,5-12H2,1-2H3,(H,20,23). The number of morpholine rings is 1. The molecule has 0 spiro atoms. The first-order valence-corrected chi connectivity index (χ1v) is 10.3. The second kappa shape index (κ2) is 7.92. The van der Waals surface area contributed by atoms with Gasteiger partial charge in [-0.15, -0.1) is 0 Å². The van der Waals surface area contributed by atoms with Crippen molar-refractivity contribution in [1.29, 1.82) is 0 Å². The molecule has 1 atom stereocenters. The fraction of sp³-hybridized carbons (Fsp3) is 0.611. The quantitative estimate of drug-likeness (QED) is 0.852. The smallest absolute Gasteiger partial charge is 0.321 e. The highest BCUT2D eigenvalue weighted by molar-refractivity contribution is 7.86. The highest BCUT2D eigenvalue weighted by Gasteiger charge is 2.31. The normalized spacial score (nSPS) is 23.4. The number of benzene rings is 1. The fourth-order valence-electron chi connectivity index (χ4n) is 3.17. The van der Waals surface area contributed by atoms with Crippen LogP contribution < -0.4 is 10.2 Å². The zero-order chi connectivity index (χ0) is 18.7. The van der Waals surface area contributed by atoms with E-state index in [2.05, 4.69) is 5.32 Å². The van der Waals surface area contributed by atoms with Crippen molar-refractivity contribution in [3.63, 3.8) is 0 Å². The van der Waals surface area contributed by atoms with Gasteiger partial charge in [0.1, 0.15) is 5.82 Å². The molecule has 2 fully saturated rings. The third-order valence-corrected chi connectivity index (χ3v) is 6.98. The highest BCUT2D eigenvalue weighted by Crippen LogP contribution is 2.29. The number of urea groups is 1. The van der Waals surface area contributed by atoms with Gasteiger partial charge in [-0.25, -0.2) is 9.18 Å². The molecular formula is C18H26FN3O3S. The number of nitrogens with one attached hydrogen (secondary N) is 1. The van der Waals surface area contributed by atoms with E-state index in [4.69, 9.17) is 4.74 Å². The largest absolute Gasteiger partial charge is 0.378 e. The summed E-state index contributed by atoms with van der Waals surface area (Å²) in [5, 5.41) is 2.91. The average Bonchev–Trinajstić information content (AvgIpc) is 2.76. The van der Waals surface area contributed by atoms with E-state index in [9.17, 15) is 13.4 Å². The van der Waals surface area contributed by atoms with Gasteiger partial charge in [0.05, 0.1) is 24.6 Å². The molecule has 2 aliphatic rings. The number of halogens is 1. The maximum absolute atomic E-state index is 13.8. The van der Waals surface area contributed by atoms with Crippen LogP contribution in [0.4, 0.5) is 20.6 Å². The second-order valence-electron chi connectivity index (χ2n) is 7.24. The number of anilines is 2. The summed E-state index contributed by atoms with van der Waals surface area (Å²) in [5.74, 6) is 0.136. The molecule has 0 aliphatic carbocycles. The van der Waals surface area contributed by atoms with Crippen LogP contribution in [0.2, 0.25) is 0 Å². The first-order valence-electron chi connectivity index (χ1n) is 8.93. The summed E-state index contributed by atoms with van der Waals surface area (Å²) in [6.45, 7) is 7.43. The van der Waals surface area contributed by atoms with Crippen molar-refractivity contribution in [2.24, 2.45) is 0 Å². The minimum absolute atomic E-state index is 0.235.